The minimum Gasteiger partial charge on any atom is -0.325 e. The lowest BCUT2D eigenvalue weighted by molar-refractivity contribution is -0.113. The van der Waals surface area contributed by atoms with Crippen LogP contribution in [0.1, 0.15) is 57.9 Å². The number of amides is 1. The molecular formula is C18H29NO3S. The Balaban J connectivity index is 2.44. The molecule has 0 atom stereocenters. The first kappa shape index (κ1) is 19.7. The molecule has 4 nitrogen and oxygen atoms in total. The Morgan fingerprint density at radius 3 is 2.17 bits per heavy atom. The van der Waals surface area contributed by atoms with Crippen molar-refractivity contribution in [2.75, 3.05) is 16.8 Å². The summed E-state index contributed by atoms with van der Waals surface area (Å²) in [6.07, 6.45) is 7.08. The maximum Gasteiger partial charge on any atom is 0.239 e. The van der Waals surface area contributed by atoms with Gasteiger partial charge in [-0.25, -0.2) is 8.42 Å². The van der Waals surface area contributed by atoms with E-state index < -0.39 is 21.5 Å². The van der Waals surface area contributed by atoms with Gasteiger partial charge >= 0.3 is 0 Å². The number of hydrogen-bond donors (Lipinski definition) is 1. The molecule has 0 aromatic heterocycles. The van der Waals surface area contributed by atoms with Gasteiger partial charge in [0.15, 0.2) is 9.84 Å². The number of benzene rings is 1. The van der Waals surface area contributed by atoms with E-state index in [0.717, 1.165) is 25.7 Å². The fourth-order valence-electron chi connectivity index (χ4n) is 2.37. The summed E-state index contributed by atoms with van der Waals surface area (Å²) in [4.78, 5) is 11.9. The van der Waals surface area contributed by atoms with Crippen LogP contribution in [-0.4, -0.2) is 25.8 Å². The smallest absolute Gasteiger partial charge is 0.239 e. The van der Waals surface area contributed by atoms with E-state index in [1.54, 1.807) is 0 Å². The second-order valence-corrected chi connectivity index (χ2v) is 8.19. The van der Waals surface area contributed by atoms with Crippen molar-refractivity contribution in [3.05, 3.63) is 29.8 Å². The number of carbonyl (C=O) groups excluding carboxylic acids is 1. The molecule has 0 aliphatic heterocycles. The summed E-state index contributed by atoms with van der Waals surface area (Å²) >= 11 is 0. The van der Waals surface area contributed by atoms with Crippen molar-refractivity contribution in [2.45, 2.75) is 58.8 Å². The molecule has 0 aliphatic rings. The number of rotatable bonds is 11. The zero-order valence-electron chi connectivity index (χ0n) is 14.3. The van der Waals surface area contributed by atoms with E-state index in [1.165, 1.54) is 18.4 Å². The lowest BCUT2D eigenvalue weighted by Crippen LogP contribution is -2.24. The largest absolute Gasteiger partial charge is 0.325 e. The zero-order chi connectivity index (χ0) is 17.1. The van der Waals surface area contributed by atoms with E-state index in [9.17, 15) is 13.2 Å². The average Bonchev–Trinajstić information content (AvgIpc) is 2.49. The van der Waals surface area contributed by atoms with Gasteiger partial charge in [-0.15, -0.1) is 0 Å². The highest BCUT2D eigenvalue weighted by atomic mass is 32.2. The van der Waals surface area contributed by atoms with E-state index in [2.05, 4.69) is 12.2 Å². The highest BCUT2D eigenvalue weighted by molar-refractivity contribution is 7.92. The van der Waals surface area contributed by atoms with Crippen LogP contribution in [0.2, 0.25) is 0 Å². The molecular weight excluding hydrogens is 310 g/mol. The molecule has 1 aromatic carbocycles. The van der Waals surface area contributed by atoms with E-state index in [1.807, 2.05) is 31.2 Å². The summed E-state index contributed by atoms with van der Waals surface area (Å²) in [5.41, 5.74) is 1.89. The Labute approximate surface area is 140 Å². The molecule has 1 amide bonds. The Morgan fingerprint density at radius 2 is 1.57 bits per heavy atom. The molecule has 1 aromatic rings. The first-order valence-electron chi connectivity index (χ1n) is 8.56. The quantitative estimate of drug-likeness (QED) is 0.621. The first-order valence-corrected chi connectivity index (χ1v) is 10.4. The van der Waals surface area contributed by atoms with Gasteiger partial charge in [-0.3, -0.25) is 4.79 Å². The molecule has 0 aliphatic carbocycles. The van der Waals surface area contributed by atoms with E-state index in [0.29, 0.717) is 12.1 Å². The van der Waals surface area contributed by atoms with Gasteiger partial charge in [0, 0.05) is 5.69 Å². The minimum atomic E-state index is -3.31. The van der Waals surface area contributed by atoms with Crippen molar-refractivity contribution in [1.82, 2.24) is 0 Å². The number of aryl methyl sites for hydroxylation is 1. The van der Waals surface area contributed by atoms with Crippen LogP contribution in [-0.2, 0) is 21.1 Å². The van der Waals surface area contributed by atoms with E-state index >= 15 is 0 Å². The number of carbonyl (C=O) groups is 1. The topological polar surface area (TPSA) is 63.2 Å². The van der Waals surface area contributed by atoms with Crippen LogP contribution in [0, 0.1) is 0 Å². The molecule has 0 radical (unpaired) electrons. The number of nitrogens with one attached hydrogen (secondary N) is 1. The fourth-order valence-corrected chi connectivity index (χ4v) is 3.63. The second kappa shape index (κ2) is 10.4. The van der Waals surface area contributed by atoms with E-state index in [4.69, 9.17) is 0 Å². The van der Waals surface area contributed by atoms with Gasteiger partial charge in [0.25, 0.3) is 0 Å². The van der Waals surface area contributed by atoms with Crippen molar-refractivity contribution in [3.63, 3.8) is 0 Å². The SMILES string of the molecule is CCCCCc1ccc(NC(=O)CS(=O)(=O)CCCCC)cc1. The highest BCUT2D eigenvalue weighted by Gasteiger charge is 2.16. The van der Waals surface area contributed by atoms with Gasteiger partial charge in [0.05, 0.1) is 5.75 Å². The third-order valence-corrected chi connectivity index (χ3v) is 5.33. The van der Waals surface area contributed by atoms with Gasteiger partial charge in [0.2, 0.25) is 5.91 Å². The molecule has 0 fully saturated rings. The van der Waals surface area contributed by atoms with Crippen molar-refractivity contribution >= 4 is 21.4 Å². The third kappa shape index (κ3) is 8.74. The fraction of sp³-hybridized carbons (Fsp3) is 0.611. The van der Waals surface area contributed by atoms with Crippen LogP contribution in [0.3, 0.4) is 0 Å². The molecule has 0 unspecified atom stereocenters. The van der Waals surface area contributed by atoms with Crippen LogP contribution in [0.5, 0.6) is 0 Å². The lowest BCUT2D eigenvalue weighted by Gasteiger charge is -2.07. The molecule has 0 bridgehead atoms. The van der Waals surface area contributed by atoms with Crippen molar-refractivity contribution < 1.29 is 13.2 Å². The highest BCUT2D eigenvalue weighted by Crippen LogP contribution is 2.12. The molecule has 0 saturated heterocycles. The standard InChI is InChI=1S/C18H29NO3S/c1-3-5-7-9-16-10-12-17(13-11-16)19-18(20)15-23(21,22)14-8-6-4-2/h10-13H,3-9,14-15H2,1-2H3,(H,19,20). The summed E-state index contributed by atoms with van der Waals surface area (Å²) in [7, 11) is -3.31. The van der Waals surface area contributed by atoms with Gasteiger partial charge < -0.3 is 5.32 Å². The molecule has 5 heteroatoms. The number of sulfone groups is 1. The number of anilines is 1. The summed E-state index contributed by atoms with van der Waals surface area (Å²) in [6, 6.07) is 7.65. The zero-order valence-corrected chi connectivity index (χ0v) is 15.1. The van der Waals surface area contributed by atoms with Gasteiger partial charge in [-0.05, 0) is 37.0 Å². The monoisotopic (exact) mass is 339 g/mol. The predicted octanol–water partition coefficient (Wildman–Crippen LogP) is 3.96. The molecule has 1 rings (SSSR count). The van der Waals surface area contributed by atoms with Crippen LogP contribution in [0.4, 0.5) is 5.69 Å². The number of hydrogen-bond acceptors (Lipinski definition) is 3. The third-order valence-electron chi connectivity index (χ3n) is 3.72. The molecule has 0 heterocycles. The lowest BCUT2D eigenvalue weighted by atomic mass is 10.1. The second-order valence-electron chi connectivity index (χ2n) is 6.00. The predicted molar refractivity (Wildman–Crippen MR) is 96.5 cm³/mol. The maximum absolute atomic E-state index is 11.9. The van der Waals surface area contributed by atoms with Crippen LogP contribution in [0.15, 0.2) is 24.3 Å². The Morgan fingerprint density at radius 1 is 0.957 bits per heavy atom. The van der Waals surface area contributed by atoms with Crippen LogP contribution < -0.4 is 5.32 Å². The van der Waals surface area contributed by atoms with Gasteiger partial charge in [-0.1, -0.05) is 51.7 Å². The minimum absolute atomic E-state index is 0.0879. The van der Waals surface area contributed by atoms with Crippen molar-refractivity contribution in [3.8, 4) is 0 Å². The molecule has 0 spiro atoms. The molecule has 0 saturated carbocycles. The summed E-state index contributed by atoms with van der Waals surface area (Å²) in [5, 5.41) is 2.66. The van der Waals surface area contributed by atoms with Crippen molar-refractivity contribution in [1.29, 1.82) is 0 Å². The van der Waals surface area contributed by atoms with Gasteiger partial charge in [0.1, 0.15) is 5.75 Å². The first-order chi connectivity index (χ1) is 11.0. The van der Waals surface area contributed by atoms with Crippen molar-refractivity contribution in [2.24, 2.45) is 0 Å². The molecule has 23 heavy (non-hydrogen) atoms. The summed E-state index contributed by atoms with van der Waals surface area (Å²) < 4.78 is 23.7. The van der Waals surface area contributed by atoms with Crippen LogP contribution >= 0.6 is 0 Å². The Kier molecular flexibility index (Phi) is 8.92. The maximum atomic E-state index is 11.9. The van der Waals surface area contributed by atoms with Gasteiger partial charge in [-0.2, -0.15) is 0 Å². The van der Waals surface area contributed by atoms with E-state index in [-0.39, 0.29) is 5.75 Å². The normalized spacial score (nSPS) is 11.4. The number of unbranched alkanes of at least 4 members (excludes halogenated alkanes) is 4. The molecule has 1 N–H and O–H groups in total. The average molecular weight is 340 g/mol. The summed E-state index contributed by atoms with van der Waals surface area (Å²) in [6.45, 7) is 4.19. The molecule has 130 valence electrons. The summed E-state index contributed by atoms with van der Waals surface area (Å²) in [5.74, 6) is -0.806. The van der Waals surface area contributed by atoms with Crippen LogP contribution in [0.25, 0.3) is 0 Å². The Hall–Kier alpha value is -1.36. The Bertz CT molecular complexity index is 564.